The maximum absolute atomic E-state index is 13.1. The van der Waals surface area contributed by atoms with Gasteiger partial charge >= 0.3 is 6.36 Å². The van der Waals surface area contributed by atoms with Gasteiger partial charge in [0.25, 0.3) is 5.56 Å². The molecule has 144 valence electrons. The fraction of sp³-hybridized carbons (Fsp3) is 0.0500. The molecular weight excluding hydrogens is 385 g/mol. The summed E-state index contributed by atoms with van der Waals surface area (Å²) in [7, 11) is 0. The van der Waals surface area contributed by atoms with Crippen molar-refractivity contribution in [3.05, 3.63) is 77.3 Å². The van der Waals surface area contributed by atoms with Crippen LogP contribution in [0, 0.1) is 0 Å². The highest BCUT2D eigenvalue weighted by molar-refractivity contribution is 5.88. The molecular formula is C20H11F3N4O2. The van der Waals surface area contributed by atoms with Gasteiger partial charge in [-0.15, -0.1) is 13.2 Å². The molecule has 0 saturated carbocycles. The quantitative estimate of drug-likeness (QED) is 0.451. The minimum absolute atomic E-state index is 0.245. The SMILES string of the molecule is O=c1c2cnc3nc4ccccc4n3c2ccn1-c1cccc(OC(F)(F)F)c1. The first kappa shape index (κ1) is 17.2. The van der Waals surface area contributed by atoms with E-state index in [-0.39, 0.29) is 5.69 Å². The number of imidazole rings is 1. The maximum atomic E-state index is 13.1. The van der Waals surface area contributed by atoms with Crippen LogP contribution in [0.1, 0.15) is 0 Å². The monoisotopic (exact) mass is 396 g/mol. The third-order valence-electron chi connectivity index (χ3n) is 4.53. The van der Waals surface area contributed by atoms with Gasteiger partial charge in [0.2, 0.25) is 5.78 Å². The molecule has 0 radical (unpaired) electrons. The molecule has 0 bridgehead atoms. The molecule has 6 nitrogen and oxygen atoms in total. The highest BCUT2D eigenvalue weighted by Gasteiger charge is 2.31. The number of fused-ring (bicyclic) bond motifs is 5. The molecule has 0 saturated heterocycles. The number of ether oxygens (including phenoxy) is 1. The molecule has 3 aromatic heterocycles. The zero-order valence-electron chi connectivity index (χ0n) is 14.6. The number of alkyl halides is 3. The highest BCUT2D eigenvalue weighted by Crippen LogP contribution is 2.25. The summed E-state index contributed by atoms with van der Waals surface area (Å²) in [4.78, 5) is 21.8. The number of hydrogen-bond acceptors (Lipinski definition) is 4. The maximum Gasteiger partial charge on any atom is 0.573 e. The van der Waals surface area contributed by atoms with E-state index in [0.717, 1.165) is 17.1 Å². The summed E-state index contributed by atoms with van der Waals surface area (Å²) in [5.74, 6) is 0.0487. The Hall–Kier alpha value is -3.88. The summed E-state index contributed by atoms with van der Waals surface area (Å²) >= 11 is 0. The van der Waals surface area contributed by atoms with Crippen LogP contribution in [0.5, 0.6) is 5.75 Å². The molecule has 0 aliphatic rings. The molecule has 2 aromatic carbocycles. The third-order valence-corrected chi connectivity index (χ3v) is 4.53. The standard InChI is InChI=1S/C20H11F3N4O2/c21-20(22,23)29-13-5-3-4-12(10-13)26-9-8-16-14(18(26)28)11-24-19-25-15-6-1-2-7-17(15)27(16)19/h1-11H. The molecule has 29 heavy (non-hydrogen) atoms. The number of halogens is 3. The zero-order valence-corrected chi connectivity index (χ0v) is 14.6. The van der Waals surface area contributed by atoms with Crippen molar-refractivity contribution in [2.45, 2.75) is 6.36 Å². The van der Waals surface area contributed by atoms with Crippen molar-refractivity contribution >= 4 is 27.7 Å². The van der Waals surface area contributed by atoms with E-state index in [1.807, 2.05) is 24.3 Å². The smallest absolute Gasteiger partial charge is 0.406 e. The molecule has 0 unspecified atom stereocenters. The second-order valence-corrected chi connectivity index (χ2v) is 6.33. The molecule has 3 heterocycles. The minimum Gasteiger partial charge on any atom is -0.406 e. The van der Waals surface area contributed by atoms with Crippen LogP contribution in [-0.2, 0) is 0 Å². The lowest BCUT2D eigenvalue weighted by Gasteiger charge is -2.12. The Labute approximate surface area is 160 Å². The van der Waals surface area contributed by atoms with Crippen molar-refractivity contribution in [3.8, 4) is 11.4 Å². The van der Waals surface area contributed by atoms with Gasteiger partial charge in [-0.1, -0.05) is 18.2 Å². The summed E-state index contributed by atoms with van der Waals surface area (Å²) in [5.41, 5.74) is 1.98. The fourth-order valence-electron chi connectivity index (χ4n) is 3.35. The summed E-state index contributed by atoms with van der Waals surface area (Å²) in [6, 6.07) is 14.4. The summed E-state index contributed by atoms with van der Waals surface area (Å²) < 4.78 is 44.5. The molecule has 5 rings (SSSR count). The van der Waals surface area contributed by atoms with E-state index in [0.29, 0.717) is 16.7 Å². The highest BCUT2D eigenvalue weighted by atomic mass is 19.4. The Morgan fingerprint density at radius 3 is 2.62 bits per heavy atom. The first-order valence-corrected chi connectivity index (χ1v) is 8.54. The largest absolute Gasteiger partial charge is 0.573 e. The second kappa shape index (κ2) is 6.06. The van der Waals surface area contributed by atoms with E-state index in [1.165, 1.54) is 35.2 Å². The fourth-order valence-corrected chi connectivity index (χ4v) is 3.35. The Bertz CT molecular complexity index is 1450. The van der Waals surface area contributed by atoms with Gasteiger partial charge in [-0.25, -0.2) is 9.97 Å². The van der Waals surface area contributed by atoms with Crippen LogP contribution in [0.4, 0.5) is 13.2 Å². The molecule has 0 fully saturated rings. The lowest BCUT2D eigenvalue weighted by atomic mass is 10.2. The average Bonchev–Trinajstić information content (AvgIpc) is 3.06. The Morgan fingerprint density at radius 2 is 1.79 bits per heavy atom. The number of nitrogens with zero attached hydrogens (tertiary/aromatic N) is 4. The van der Waals surface area contributed by atoms with Crippen LogP contribution in [0.25, 0.3) is 33.4 Å². The number of hydrogen-bond donors (Lipinski definition) is 0. The van der Waals surface area contributed by atoms with Crippen LogP contribution >= 0.6 is 0 Å². The first-order chi connectivity index (χ1) is 13.9. The lowest BCUT2D eigenvalue weighted by Crippen LogP contribution is -2.20. The minimum atomic E-state index is -4.81. The molecule has 0 spiro atoms. The number of rotatable bonds is 2. The van der Waals surface area contributed by atoms with Crippen LogP contribution < -0.4 is 10.3 Å². The van der Waals surface area contributed by atoms with Crippen LogP contribution in [0.2, 0.25) is 0 Å². The zero-order chi connectivity index (χ0) is 20.2. The van der Waals surface area contributed by atoms with E-state index in [9.17, 15) is 18.0 Å². The van der Waals surface area contributed by atoms with E-state index in [1.54, 1.807) is 10.5 Å². The van der Waals surface area contributed by atoms with Crippen LogP contribution in [0.3, 0.4) is 0 Å². The number of para-hydroxylation sites is 2. The van der Waals surface area contributed by atoms with E-state index < -0.39 is 17.7 Å². The Balaban J connectivity index is 1.72. The van der Waals surface area contributed by atoms with Gasteiger partial charge in [0.05, 0.1) is 27.6 Å². The second-order valence-electron chi connectivity index (χ2n) is 6.33. The van der Waals surface area contributed by atoms with E-state index >= 15 is 0 Å². The van der Waals surface area contributed by atoms with Gasteiger partial charge in [0.1, 0.15) is 5.75 Å². The van der Waals surface area contributed by atoms with E-state index in [4.69, 9.17) is 0 Å². The van der Waals surface area contributed by atoms with Crippen molar-refractivity contribution in [1.82, 2.24) is 18.9 Å². The molecule has 9 heteroatoms. The summed E-state index contributed by atoms with van der Waals surface area (Å²) in [6.07, 6.45) is -1.89. The summed E-state index contributed by atoms with van der Waals surface area (Å²) in [5, 5.41) is 0.310. The number of aromatic nitrogens is 4. The molecule has 5 aromatic rings. The van der Waals surface area contributed by atoms with Crippen molar-refractivity contribution in [2.75, 3.05) is 0 Å². The third kappa shape index (κ3) is 2.87. The van der Waals surface area contributed by atoms with Crippen molar-refractivity contribution in [2.24, 2.45) is 0 Å². The molecule has 0 N–H and O–H groups in total. The predicted molar refractivity (Wildman–Crippen MR) is 100 cm³/mol. The van der Waals surface area contributed by atoms with Crippen molar-refractivity contribution in [1.29, 1.82) is 0 Å². The lowest BCUT2D eigenvalue weighted by molar-refractivity contribution is -0.274. The van der Waals surface area contributed by atoms with Crippen LogP contribution in [0.15, 0.2) is 71.8 Å². The summed E-state index contributed by atoms with van der Waals surface area (Å²) in [6.45, 7) is 0. The molecule has 0 aliphatic carbocycles. The number of pyridine rings is 1. The topological polar surface area (TPSA) is 61.4 Å². The van der Waals surface area contributed by atoms with Crippen molar-refractivity contribution < 1.29 is 17.9 Å². The van der Waals surface area contributed by atoms with Gasteiger partial charge in [-0.2, -0.15) is 0 Å². The molecule has 0 aliphatic heterocycles. The Morgan fingerprint density at radius 1 is 0.966 bits per heavy atom. The van der Waals surface area contributed by atoms with Crippen molar-refractivity contribution in [3.63, 3.8) is 0 Å². The normalized spacial score (nSPS) is 12.1. The molecule has 0 amide bonds. The predicted octanol–water partition coefficient (Wildman–Crippen LogP) is 4.09. The number of benzene rings is 2. The molecule has 0 atom stereocenters. The van der Waals surface area contributed by atoms with Gasteiger partial charge < -0.3 is 4.74 Å². The van der Waals surface area contributed by atoms with Gasteiger partial charge in [-0.05, 0) is 30.3 Å². The van der Waals surface area contributed by atoms with Gasteiger partial charge in [0.15, 0.2) is 0 Å². The van der Waals surface area contributed by atoms with E-state index in [2.05, 4.69) is 14.7 Å². The Kier molecular flexibility index (Phi) is 3.60. The van der Waals surface area contributed by atoms with Gasteiger partial charge in [0, 0.05) is 18.5 Å². The van der Waals surface area contributed by atoms with Gasteiger partial charge in [-0.3, -0.25) is 13.8 Å². The first-order valence-electron chi connectivity index (χ1n) is 8.54. The van der Waals surface area contributed by atoms with Crippen LogP contribution in [-0.4, -0.2) is 25.3 Å². The average molecular weight is 396 g/mol.